The summed E-state index contributed by atoms with van der Waals surface area (Å²) in [5.74, 6) is 0. The first-order valence-electron chi connectivity index (χ1n) is 12.9. The number of carbonyl (C=O) groups excluding carboxylic acids is 1. The largest absolute Gasteiger partial charge is 0.444 e. The number of nitriles is 1. The number of ether oxygens (including phenoxy) is 1. The SMILES string of the molecule is CC(C)(C)OC(=O)N1CCC2(CC1)C(N[S@](=O)C(C)(C)C)CN(c1ccc(C#N)cc1)[C@H]2C(C)(C)C. The average molecular weight is 517 g/mol. The zero-order valence-corrected chi connectivity index (χ0v) is 24.3. The van der Waals surface area contributed by atoms with Crippen molar-refractivity contribution in [1.82, 2.24) is 9.62 Å². The minimum Gasteiger partial charge on any atom is -0.444 e. The highest BCUT2D eigenvalue weighted by Gasteiger charge is 2.59. The van der Waals surface area contributed by atoms with Crippen molar-refractivity contribution in [3.05, 3.63) is 29.8 Å². The summed E-state index contributed by atoms with van der Waals surface area (Å²) in [6, 6.07) is 10.1. The summed E-state index contributed by atoms with van der Waals surface area (Å²) < 4.78 is 22.1. The van der Waals surface area contributed by atoms with Crippen molar-refractivity contribution in [3.8, 4) is 6.07 Å². The van der Waals surface area contributed by atoms with Gasteiger partial charge < -0.3 is 14.5 Å². The van der Waals surface area contributed by atoms with Gasteiger partial charge in [0.25, 0.3) is 0 Å². The Morgan fingerprint density at radius 1 is 1.06 bits per heavy atom. The molecule has 1 amide bonds. The van der Waals surface area contributed by atoms with E-state index in [1.807, 2.05) is 70.7 Å². The molecule has 0 bridgehead atoms. The van der Waals surface area contributed by atoms with Crippen LogP contribution in [0.4, 0.5) is 10.5 Å². The second kappa shape index (κ2) is 9.98. The van der Waals surface area contributed by atoms with E-state index in [-0.39, 0.29) is 29.0 Å². The predicted molar refractivity (Wildman–Crippen MR) is 146 cm³/mol. The molecule has 1 spiro atoms. The molecule has 1 N–H and O–H groups in total. The van der Waals surface area contributed by atoms with Crippen LogP contribution in [0, 0.1) is 22.2 Å². The Hall–Kier alpha value is -2.11. The normalized spacial score (nSPS) is 23.4. The van der Waals surface area contributed by atoms with E-state index in [0.717, 1.165) is 18.5 Å². The highest BCUT2D eigenvalue weighted by Crippen LogP contribution is 2.53. The Morgan fingerprint density at radius 3 is 2.06 bits per heavy atom. The molecule has 3 rings (SSSR count). The lowest BCUT2D eigenvalue weighted by atomic mass is 9.62. The van der Waals surface area contributed by atoms with E-state index in [4.69, 9.17) is 4.74 Å². The van der Waals surface area contributed by atoms with Crippen molar-refractivity contribution >= 4 is 22.8 Å². The van der Waals surface area contributed by atoms with Gasteiger partial charge in [-0.05, 0) is 84.1 Å². The minimum absolute atomic E-state index is 0.0155. The van der Waals surface area contributed by atoms with Crippen LogP contribution < -0.4 is 9.62 Å². The van der Waals surface area contributed by atoms with E-state index >= 15 is 0 Å². The van der Waals surface area contributed by atoms with Crippen LogP contribution >= 0.6 is 0 Å². The lowest BCUT2D eigenvalue weighted by Gasteiger charge is -2.51. The lowest BCUT2D eigenvalue weighted by Crippen LogP contribution is -2.59. The number of amides is 1. The highest BCUT2D eigenvalue weighted by molar-refractivity contribution is 7.84. The number of nitrogens with zero attached hydrogens (tertiary/aromatic N) is 3. The summed E-state index contributed by atoms with van der Waals surface area (Å²) in [6.45, 7) is 20.3. The summed E-state index contributed by atoms with van der Waals surface area (Å²) in [5, 5.41) is 9.28. The molecule has 3 atom stereocenters. The topological polar surface area (TPSA) is 85.7 Å². The molecular weight excluding hydrogens is 472 g/mol. The lowest BCUT2D eigenvalue weighted by molar-refractivity contribution is -0.000680. The summed E-state index contributed by atoms with van der Waals surface area (Å²) in [7, 11) is -1.23. The van der Waals surface area contributed by atoms with Crippen molar-refractivity contribution in [3.63, 3.8) is 0 Å². The molecule has 2 fully saturated rings. The van der Waals surface area contributed by atoms with Crippen LogP contribution in [0.25, 0.3) is 0 Å². The van der Waals surface area contributed by atoms with E-state index in [0.29, 0.717) is 25.2 Å². The fraction of sp³-hybridized carbons (Fsp3) is 0.714. The molecule has 200 valence electrons. The maximum absolute atomic E-state index is 13.3. The van der Waals surface area contributed by atoms with Gasteiger partial charge in [-0.2, -0.15) is 5.26 Å². The first-order valence-corrected chi connectivity index (χ1v) is 14.1. The van der Waals surface area contributed by atoms with E-state index in [1.165, 1.54) is 0 Å². The molecule has 1 aromatic carbocycles. The van der Waals surface area contributed by atoms with Crippen LogP contribution in [-0.4, -0.2) is 57.3 Å². The van der Waals surface area contributed by atoms with Gasteiger partial charge in [0.15, 0.2) is 0 Å². The Morgan fingerprint density at radius 2 is 1.61 bits per heavy atom. The molecule has 8 heteroatoms. The predicted octanol–water partition coefficient (Wildman–Crippen LogP) is 5.23. The summed E-state index contributed by atoms with van der Waals surface area (Å²) >= 11 is 0. The van der Waals surface area contributed by atoms with E-state index < -0.39 is 21.3 Å². The van der Waals surface area contributed by atoms with E-state index in [9.17, 15) is 14.3 Å². The number of likely N-dealkylation sites (tertiary alicyclic amines) is 1. The number of hydrogen-bond donors (Lipinski definition) is 1. The molecule has 1 unspecified atom stereocenters. The van der Waals surface area contributed by atoms with Crippen LogP contribution in [0.15, 0.2) is 24.3 Å². The fourth-order valence-corrected chi connectivity index (χ4v) is 6.73. The van der Waals surface area contributed by atoms with Gasteiger partial charge >= 0.3 is 6.09 Å². The summed E-state index contributed by atoms with van der Waals surface area (Å²) in [5.41, 5.74) is 0.892. The number of anilines is 1. The molecule has 2 heterocycles. The Labute approximate surface area is 220 Å². The zero-order valence-electron chi connectivity index (χ0n) is 23.5. The van der Waals surface area contributed by atoms with Gasteiger partial charge in [0.05, 0.1) is 27.4 Å². The van der Waals surface area contributed by atoms with E-state index in [1.54, 1.807) is 0 Å². The van der Waals surface area contributed by atoms with Crippen molar-refractivity contribution in [2.75, 3.05) is 24.5 Å². The maximum atomic E-state index is 13.3. The Balaban J connectivity index is 1.99. The van der Waals surface area contributed by atoms with Crippen LogP contribution in [0.1, 0.15) is 80.7 Å². The quantitative estimate of drug-likeness (QED) is 0.594. The highest BCUT2D eigenvalue weighted by atomic mass is 32.2. The third-order valence-electron chi connectivity index (χ3n) is 7.23. The van der Waals surface area contributed by atoms with Gasteiger partial charge in [-0.25, -0.2) is 13.7 Å². The monoisotopic (exact) mass is 516 g/mol. The van der Waals surface area contributed by atoms with Crippen molar-refractivity contribution < 1.29 is 13.7 Å². The number of hydrogen-bond acceptors (Lipinski definition) is 5. The number of nitrogens with one attached hydrogen (secondary N) is 1. The molecule has 0 aliphatic carbocycles. The van der Waals surface area contributed by atoms with Gasteiger partial charge in [-0.15, -0.1) is 0 Å². The Kier molecular flexibility index (Phi) is 7.89. The first-order chi connectivity index (χ1) is 16.5. The Bertz CT molecular complexity index is 1000. The van der Waals surface area contributed by atoms with Gasteiger partial charge in [0, 0.05) is 42.8 Å². The van der Waals surface area contributed by atoms with Crippen molar-refractivity contribution in [2.45, 2.75) is 97.6 Å². The zero-order chi connectivity index (χ0) is 27.1. The number of benzene rings is 1. The molecule has 0 aromatic heterocycles. The fourth-order valence-electron chi connectivity index (χ4n) is 5.81. The van der Waals surface area contributed by atoms with Gasteiger partial charge in [0.1, 0.15) is 5.60 Å². The number of piperidine rings is 1. The molecule has 0 radical (unpaired) electrons. The third-order valence-corrected chi connectivity index (χ3v) is 8.84. The number of carbonyl (C=O) groups is 1. The van der Waals surface area contributed by atoms with Crippen LogP contribution in [0.5, 0.6) is 0 Å². The summed E-state index contributed by atoms with van der Waals surface area (Å²) in [4.78, 5) is 17.1. The maximum Gasteiger partial charge on any atom is 0.410 e. The number of rotatable bonds is 3. The van der Waals surface area contributed by atoms with E-state index in [2.05, 4.69) is 36.5 Å². The minimum atomic E-state index is -1.23. The van der Waals surface area contributed by atoms with Crippen molar-refractivity contribution in [1.29, 1.82) is 5.26 Å². The molecule has 0 saturated carbocycles. The first kappa shape index (κ1) is 28.5. The second-order valence-electron chi connectivity index (χ2n) is 13.3. The molecular formula is C28H44N4O3S. The second-order valence-corrected chi connectivity index (χ2v) is 15.3. The molecule has 2 aliphatic heterocycles. The van der Waals surface area contributed by atoms with Gasteiger partial charge in [-0.1, -0.05) is 20.8 Å². The smallest absolute Gasteiger partial charge is 0.410 e. The van der Waals surface area contributed by atoms with Crippen LogP contribution in [0.2, 0.25) is 0 Å². The summed E-state index contributed by atoms with van der Waals surface area (Å²) in [6.07, 6.45) is 1.31. The standard InChI is InChI=1S/C28H44N4O3S/c1-25(2,3)23-28(14-16-31(17-15-28)24(33)35-26(4,5)6)22(30-36(34)27(7,8)9)19-32(23)21-12-10-20(18-29)11-13-21/h10-13,22-23,30H,14-17,19H2,1-9H3/t22?,23-,36+/m0/s1. The molecule has 2 aliphatic rings. The van der Waals surface area contributed by atoms with Gasteiger partial charge in [0.2, 0.25) is 0 Å². The molecule has 2 saturated heterocycles. The molecule has 36 heavy (non-hydrogen) atoms. The average Bonchev–Trinajstić information content (AvgIpc) is 3.06. The van der Waals surface area contributed by atoms with Crippen LogP contribution in [-0.2, 0) is 15.7 Å². The molecule has 1 aromatic rings. The molecule has 7 nitrogen and oxygen atoms in total. The van der Waals surface area contributed by atoms with Crippen LogP contribution in [0.3, 0.4) is 0 Å². The van der Waals surface area contributed by atoms with Gasteiger partial charge in [-0.3, -0.25) is 0 Å². The van der Waals surface area contributed by atoms with Crippen molar-refractivity contribution in [2.24, 2.45) is 10.8 Å². The third kappa shape index (κ3) is 6.06.